The number of para-hydroxylation sites is 1. The van der Waals surface area contributed by atoms with E-state index < -0.39 is 12.0 Å². The molecular formula is C19H18N2O3S. The van der Waals surface area contributed by atoms with Crippen molar-refractivity contribution in [3.05, 3.63) is 60.2 Å². The van der Waals surface area contributed by atoms with Gasteiger partial charge in [-0.2, -0.15) is 5.06 Å². The minimum Gasteiger partial charge on any atom is -0.284 e. The number of hydrogen-bond acceptors (Lipinski definition) is 5. The van der Waals surface area contributed by atoms with Crippen molar-refractivity contribution < 1.29 is 14.4 Å². The summed E-state index contributed by atoms with van der Waals surface area (Å²) in [6.07, 6.45) is 1.26. The van der Waals surface area contributed by atoms with Gasteiger partial charge in [-0.3, -0.25) is 14.4 Å². The molecule has 2 fully saturated rings. The quantitative estimate of drug-likeness (QED) is 0.627. The van der Waals surface area contributed by atoms with Crippen molar-refractivity contribution in [1.29, 1.82) is 0 Å². The second-order valence-electron chi connectivity index (χ2n) is 6.16. The van der Waals surface area contributed by atoms with Gasteiger partial charge in [-0.15, -0.1) is 11.8 Å². The zero-order chi connectivity index (χ0) is 17.6. The molecule has 128 valence electrons. The van der Waals surface area contributed by atoms with E-state index in [1.165, 1.54) is 4.90 Å². The van der Waals surface area contributed by atoms with Crippen molar-refractivity contribution in [3.8, 4) is 0 Å². The van der Waals surface area contributed by atoms with E-state index in [-0.39, 0.29) is 17.9 Å². The largest absolute Gasteiger partial charge is 0.284 e. The Kier molecular flexibility index (Phi) is 4.11. The van der Waals surface area contributed by atoms with Crippen LogP contribution in [0.25, 0.3) is 0 Å². The van der Waals surface area contributed by atoms with Crippen LogP contribution in [0.15, 0.2) is 59.5 Å². The molecule has 0 radical (unpaired) electrons. The van der Waals surface area contributed by atoms with Crippen LogP contribution in [0.1, 0.15) is 11.6 Å². The van der Waals surface area contributed by atoms with Crippen LogP contribution in [0.2, 0.25) is 0 Å². The second kappa shape index (κ2) is 6.29. The summed E-state index contributed by atoms with van der Waals surface area (Å²) < 4.78 is 0. The third-order valence-corrected chi connectivity index (χ3v) is 5.52. The Labute approximate surface area is 150 Å². The zero-order valence-electron chi connectivity index (χ0n) is 14.0. The highest BCUT2D eigenvalue weighted by Gasteiger charge is 2.59. The SMILES string of the molecule is CSc1ccc([C@@H]2[C@H]3C(=O)N(c4ccccc4)C(=O)[C@H]3ON2C)cc1. The molecule has 0 saturated carbocycles. The molecule has 2 aromatic rings. The van der Waals surface area contributed by atoms with Crippen molar-refractivity contribution in [2.24, 2.45) is 5.92 Å². The first-order valence-corrected chi connectivity index (χ1v) is 9.30. The Morgan fingerprint density at radius 3 is 2.28 bits per heavy atom. The number of rotatable bonds is 3. The first-order chi connectivity index (χ1) is 12.1. The van der Waals surface area contributed by atoms with Gasteiger partial charge in [-0.05, 0) is 36.1 Å². The average molecular weight is 354 g/mol. The lowest BCUT2D eigenvalue weighted by Crippen LogP contribution is -2.36. The molecule has 0 aliphatic carbocycles. The van der Waals surface area contributed by atoms with Gasteiger partial charge in [0.05, 0.1) is 17.6 Å². The normalized spacial score (nSPS) is 26.3. The van der Waals surface area contributed by atoms with Gasteiger partial charge in [0.2, 0.25) is 5.91 Å². The van der Waals surface area contributed by atoms with Gasteiger partial charge < -0.3 is 0 Å². The van der Waals surface area contributed by atoms with Crippen molar-refractivity contribution in [1.82, 2.24) is 5.06 Å². The summed E-state index contributed by atoms with van der Waals surface area (Å²) in [5, 5.41) is 1.64. The number of nitrogens with zero attached hydrogens (tertiary/aromatic N) is 2. The Morgan fingerprint density at radius 1 is 0.960 bits per heavy atom. The third-order valence-electron chi connectivity index (χ3n) is 4.78. The molecule has 4 rings (SSSR count). The number of anilines is 1. The Hall–Kier alpha value is -2.15. The Morgan fingerprint density at radius 2 is 1.64 bits per heavy atom. The molecule has 0 aromatic heterocycles. The van der Waals surface area contributed by atoms with Crippen molar-refractivity contribution in [3.63, 3.8) is 0 Å². The number of hydroxylamine groups is 2. The lowest BCUT2D eigenvalue weighted by atomic mass is 9.91. The van der Waals surface area contributed by atoms with Crippen molar-refractivity contribution in [2.45, 2.75) is 17.0 Å². The van der Waals surface area contributed by atoms with Crippen LogP contribution in [-0.2, 0) is 14.4 Å². The number of carbonyl (C=O) groups excluding carboxylic acids is 2. The van der Waals surface area contributed by atoms with E-state index in [4.69, 9.17) is 4.84 Å². The first-order valence-electron chi connectivity index (χ1n) is 8.08. The topological polar surface area (TPSA) is 49.9 Å². The van der Waals surface area contributed by atoms with Crippen LogP contribution in [0, 0.1) is 5.92 Å². The standard InChI is InChI=1S/C19H18N2O3S/c1-20-16(12-8-10-14(25-2)11-9-12)15-17(24-20)19(23)21(18(15)22)13-6-4-3-5-7-13/h3-11,15-17H,1-2H3/t15-,16-,17+/m1/s1. The van der Waals surface area contributed by atoms with E-state index in [1.54, 1.807) is 36.0 Å². The number of hydrogen-bond donors (Lipinski definition) is 0. The maximum Gasteiger partial charge on any atom is 0.265 e. The van der Waals surface area contributed by atoms with Gasteiger partial charge in [-0.1, -0.05) is 30.3 Å². The van der Waals surface area contributed by atoms with Crippen LogP contribution in [0.5, 0.6) is 0 Å². The molecule has 2 saturated heterocycles. The molecule has 2 amide bonds. The Balaban J connectivity index is 1.69. The number of fused-ring (bicyclic) bond motifs is 1. The predicted molar refractivity (Wildman–Crippen MR) is 96.0 cm³/mol. The monoisotopic (exact) mass is 354 g/mol. The summed E-state index contributed by atoms with van der Waals surface area (Å²) in [5.41, 5.74) is 1.57. The smallest absolute Gasteiger partial charge is 0.265 e. The molecule has 5 nitrogen and oxygen atoms in total. The number of imide groups is 1. The van der Waals surface area contributed by atoms with Crippen LogP contribution in [0.3, 0.4) is 0 Å². The fraction of sp³-hybridized carbons (Fsp3) is 0.263. The van der Waals surface area contributed by atoms with Crippen LogP contribution in [0.4, 0.5) is 5.69 Å². The summed E-state index contributed by atoms with van der Waals surface area (Å²) in [4.78, 5) is 34.0. The molecule has 6 heteroatoms. The minimum atomic E-state index is -0.761. The number of amides is 2. The van der Waals surface area contributed by atoms with E-state index in [1.807, 2.05) is 48.7 Å². The number of carbonyl (C=O) groups is 2. The molecular weight excluding hydrogens is 336 g/mol. The summed E-state index contributed by atoms with van der Waals surface area (Å²) in [5.74, 6) is -1.03. The Bertz CT molecular complexity index is 809. The lowest BCUT2D eigenvalue weighted by molar-refractivity contribution is -0.160. The van der Waals surface area contributed by atoms with Crippen LogP contribution < -0.4 is 4.90 Å². The molecule has 0 bridgehead atoms. The average Bonchev–Trinajstić information content (AvgIpc) is 3.10. The van der Waals surface area contributed by atoms with Gasteiger partial charge in [0.15, 0.2) is 6.10 Å². The lowest BCUT2D eigenvalue weighted by Gasteiger charge is -2.24. The zero-order valence-corrected chi connectivity index (χ0v) is 14.8. The summed E-state index contributed by atoms with van der Waals surface area (Å²) in [7, 11) is 1.78. The van der Waals surface area contributed by atoms with Gasteiger partial charge >= 0.3 is 0 Å². The molecule has 0 spiro atoms. The maximum absolute atomic E-state index is 13.0. The highest BCUT2D eigenvalue weighted by Crippen LogP contribution is 2.44. The number of benzene rings is 2. The number of thioether (sulfide) groups is 1. The molecule has 3 atom stereocenters. The van der Waals surface area contributed by atoms with E-state index >= 15 is 0 Å². The van der Waals surface area contributed by atoms with Gasteiger partial charge in [0, 0.05) is 11.9 Å². The van der Waals surface area contributed by atoms with Crippen LogP contribution in [-0.4, -0.2) is 36.3 Å². The highest BCUT2D eigenvalue weighted by molar-refractivity contribution is 7.98. The van der Waals surface area contributed by atoms with E-state index in [9.17, 15) is 9.59 Å². The van der Waals surface area contributed by atoms with E-state index in [0.29, 0.717) is 5.69 Å². The fourth-order valence-electron chi connectivity index (χ4n) is 3.60. The van der Waals surface area contributed by atoms with Gasteiger partial charge in [0.25, 0.3) is 5.91 Å². The van der Waals surface area contributed by atoms with Gasteiger partial charge in [-0.25, -0.2) is 4.90 Å². The summed E-state index contributed by atoms with van der Waals surface area (Å²) >= 11 is 1.66. The highest BCUT2D eigenvalue weighted by atomic mass is 32.2. The molecule has 0 N–H and O–H groups in total. The minimum absolute atomic E-state index is 0.204. The van der Waals surface area contributed by atoms with Crippen LogP contribution >= 0.6 is 11.8 Å². The third kappa shape index (κ3) is 2.57. The van der Waals surface area contributed by atoms with Gasteiger partial charge in [0.1, 0.15) is 0 Å². The second-order valence-corrected chi connectivity index (χ2v) is 7.04. The van der Waals surface area contributed by atoms with Crippen molar-refractivity contribution >= 4 is 29.3 Å². The maximum atomic E-state index is 13.0. The van der Waals surface area contributed by atoms with Crippen molar-refractivity contribution in [2.75, 3.05) is 18.2 Å². The summed E-state index contributed by atoms with van der Waals surface area (Å²) in [6, 6.07) is 16.8. The molecule has 0 unspecified atom stereocenters. The molecule has 2 aliphatic rings. The fourth-order valence-corrected chi connectivity index (χ4v) is 4.01. The first kappa shape index (κ1) is 16.3. The van der Waals surface area contributed by atoms with E-state index in [0.717, 1.165) is 10.5 Å². The van der Waals surface area contributed by atoms with E-state index in [2.05, 4.69) is 0 Å². The summed E-state index contributed by atoms with van der Waals surface area (Å²) in [6.45, 7) is 0. The molecule has 2 heterocycles. The predicted octanol–water partition coefficient (Wildman–Crippen LogP) is 2.88. The molecule has 25 heavy (non-hydrogen) atoms. The molecule has 2 aromatic carbocycles. The molecule has 2 aliphatic heterocycles.